The fraction of sp³-hybridized carbons (Fsp3) is 0.462. The topological polar surface area (TPSA) is 44.8 Å². The van der Waals surface area contributed by atoms with Crippen LogP contribution in [0.2, 0.25) is 5.02 Å². The normalized spacial score (nSPS) is 16.3. The summed E-state index contributed by atoms with van der Waals surface area (Å²) in [5.74, 6) is 0.998. The zero-order chi connectivity index (χ0) is 31.8. The summed E-state index contributed by atoms with van der Waals surface area (Å²) < 4.78 is 6.03. The summed E-state index contributed by atoms with van der Waals surface area (Å²) in [6.07, 6.45) is 7.32. The van der Waals surface area contributed by atoms with E-state index in [2.05, 4.69) is 74.3 Å². The van der Waals surface area contributed by atoms with Crippen molar-refractivity contribution < 1.29 is 9.53 Å². The van der Waals surface area contributed by atoms with E-state index in [1.807, 2.05) is 35.2 Å². The van der Waals surface area contributed by atoms with Gasteiger partial charge in [-0.25, -0.2) is 4.79 Å². The highest BCUT2D eigenvalue weighted by Crippen LogP contribution is 2.44. The number of carbonyl (C=O) groups excluding carboxylic acids is 1. The van der Waals surface area contributed by atoms with Crippen molar-refractivity contribution in [2.45, 2.75) is 84.6 Å². The summed E-state index contributed by atoms with van der Waals surface area (Å²) in [7, 11) is 0. The number of hydrogen-bond acceptors (Lipinski definition) is 4. The van der Waals surface area contributed by atoms with Gasteiger partial charge in [0.05, 0.1) is 6.04 Å². The zero-order valence-electron chi connectivity index (χ0n) is 27.6. The van der Waals surface area contributed by atoms with Gasteiger partial charge in [-0.15, -0.1) is 0 Å². The van der Waals surface area contributed by atoms with Crippen LogP contribution >= 0.6 is 11.6 Å². The molecule has 2 aliphatic heterocycles. The van der Waals surface area contributed by atoms with Crippen molar-refractivity contribution in [1.82, 2.24) is 9.80 Å². The molecule has 45 heavy (non-hydrogen) atoms. The first kappa shape index (κ1) is 33.1. The van der Waals surface area contributed by atoms with E-state index < -0.39 is 0 Å². The van der Waals surface area contributed by atoms with Crippen molar-refractivity contribution in [3.63, 3.8) is 0 Å². The van der Waals surface area contributed by atoms with Crippen molar-refractivity contribution in [1.29, 1.82) is 0 Å². The van der Waals surface area contributed by atoms with Crippen molar-refractivity contribution in [2.75, 3.05) is 38.0 Å². The Morgan fingerprint density at radius 3 is 2.40 bits per heavy atom. The maximum absolute atomic E-state index is 13.9. The number of nitrogens with one attached hydrogen (secondary N) is 1. The summed E-state index contributed by atoms with van der Waals surface area (Å²) in [5.41, 5.74) is 8.44. The number of rotatable bonds is 12. The van der Waals surface area contributed by atoms with Crippen molar-refractivity contribution in [3.05, 3.63) is 99.6 Å². The van der Waals surface area contributed by atoms with Gasteiger partial charge in [0.25, 0.3) is 0 Å². The molecule has 6 heteroatoms. The fourth-order valence-corrected chi connectivity index (χ4v) is 7.02. The molecule has 0 aromatic heterocycles. The highest BCUT2D eigenvalue weighted by Gasteiger charge is 2.36. The van der Waals surface area contributed by atoms with Gasteiger partial charge in [-0.1, -0.05) is 75.7 Å². The smallest absolute Gasteiger partial charge is 0.410 e. The molecular weight excluding hydrogens is 578 g/mol. The van der Waals surface area contributed by atoms with Gasteiger partial charge in [0.15, 0.2) is 0 Å². The molecule has 1 unspecified atom stereocenters. The number of aryl methyl sites for hydroxylation is 1. The largest absolute Gasteiger partial charge is 0.416 e. The lowest BCUT2D eigenvalue weighted by Gasteiger charge is -2.34. The van der Waals surface area contributed by atoms with Crippen LogP contribution in [0.15, 0.2) is 72.3 Å². The van der Waals surface area contributed by atoms with Gasteiger partial charge in [-0.3, -0.25) is 4.90 Å². The van der Waals surface area contributed by atoms with E-state index in [-0.39, 0.29) is 12.1 Å². The van der Waals surface area contributed by atoms with Crippen LogP contribution in [-0.2, 0) is 6.42 Å². The fourth-order valence-electron chi connectivity index (χ4n) is 6.85. The molecule has 0 saturated heterocycles. The Bertz CT molecular complexity index is 1440. The Balaban J connectivity index is 1.39. The van der Waals surface area contributed by atoms with Crippen LogP contribution in [0.3, 0.4) is 0 Å². The standard InChI is InChI=1S/C39H50ClN3O2/c1-5-22-42(23-6-2)24-8-7-10-29-12-14-31(15-13-29)38-36-27-41-37-21-18-32(40)26-35(37)34(36)11-9-25-43(38)39(44)45-33-19-16-30(17-20-33)28(3)4/h12-21,26,28,38,41H,5-11,22-25,27H2,1-4H3. The number of fused-ring (bicyclic) bond motifs is 2. The molecule has 0 spiro atoms. The number of hydrogen-bond donors (Lipinski definition) is 1. The summed E-state index contributed by atoms with van der Waals surface area (Å²) in [6.45, 7) is 13.7. The minimum Gasteiger partial charge on any atom is -0.410 e. The lowest BCUT2D eigenvalue weighted by molar-refractivity contribution is 0.139. The van der Waals surface area contributed by atoms with Crippen LogP contribution in [0, 0.1) is 0 Å². The number of ether oxygens (including phenoxy) is 1. The molecule has 3 aromatic carbocycles. The zero-order valence-corrected chi connectivity index (χ0v) is 28.3. The van der Waals surface area contributed by atoms with E-state index in [1.165, 1.54) is 67.6 Å². The van der Waals surface area contributed by atoms with Crippen LogP contribution in [0.25, 0.3) is 5.57 Å². The Morgan fingerprint density at radius 1 is 0.978 bits per heavy atom. The number of benzene rings is 3. The second-order valence-electron chi connectivity index (χ2n) is 12.9. The third-order valence-electron chi connectivity index (χ3n) is 9.18. The third kappa shape index (κ3) is 8.31. The second kappa shape index (κ2) is 15.8. The molecule has 5 nitrogen and oxygen atoms in total. The highest BCUT2D eigenvalue weighted by molar-refractivity contribution is 6.30. The molecule has 0 fully saturated rings. The number of amides is 1. The first-order valence-electron chi connectivity index (χ1n) is 17.0. The van der Waals surface area contributed by atoms with E-state index in [0.29, 0.717) is 24.8 Å². The van der Waals surface area contributed by atoms with Crippen LogP contribution in [0.1, 0.15) is 100 Å². The second-order valence-corrected chi connectivity index (χ2v) is 13.3. The van der Waals surface area contributed by atoms with Gasteiger partial charge in [0.1, 0.15) is 5.75 Å². The molecule has 5 rings (SSSR count). The Labute approximate surface area is 275 Å². The number of anilines is 1. The van der Waals surface area contributed by atoms with Gasteiger partial charge in [0, 0.05) is 29.4 Å². The van der Waals surface area contributed by atoms with Crippen LogP contribution in [0.4, 0.5) is 10.5 Å². The molecule has 1 N–H and O–H groups in total. The molecule has 0 aliphatic carbocycles. The van der Waals surface area contributed by atoms with Gasteiger partial charge >= 0.3 is 6.09 Å². The molecule has 2 aliphatic rings. The summed E-state index contributed by atoms with van der Waals surface area (Å²) >= 11 is 6.48. The average Bonchev–Trinajstić information content (AvgIpc) is 3.24. The summed E-state index contributed by atoms with van der Waals surface area (Å²) in [6, 6.07) is 22.7. The Morgan fingerprint density at radius 2 is 1.71 bits per heavy atom. The van der Waals surface area contributed by atoms with Crippen LogP contribution < -0.4 is 10.1 Å². The number of carbonyl (C=O) groups is 1. The average molecular weight is 628 g/mol. The minimum atomic E-state index is -0.310. The number of nitrogens with zero attached hydrogens (tertiary/aromatic N) is 2. The molecule has 3 aromatic rings. The van der Waals surface area contributed by atoms with Gasteiger partial charge in [0.2, 0.25) is 0 Å². The van der Waals surface area contributed by atoms with Gasteiger partial charge < -0.3 is 15.0 Å². The van der Waals surface area contributed by atoms with Gasteiger partial charge in [-0.2, -0.15) is 0 Å². The molecule has 2 heterocycles. The molecule has 1 amide bonds. The van der Waals surface area contributed by atoms with Crippen molar-refractivity contribution in [3.8, 4) is 5.75 Å². The number of allylic oxidation sites excluding steroid dienone is 1. The first-order chi connectivity index (χ1) is 21.9. The van der Waals surface area contributed by atoms with Crippen LogP contribution in [0.5, 0.6) is 5.75 Å². The predicted octanol–water partition coefficient (Wildman–Crippen LogP) is 10.1. The molecule has 1 atom stereocenters. The van der Waals surface area contributed by atoms with E-state index in [0.717, 1.165) is 41.1 Å². The maximum atomic E-state index is 13.9. The molecule has 240 valence electrons. The van der Waals surface area contributed by atoms with E-state index in [9.17, 15) is 4.79 Å². The Kier molecular flexibility index (Phi) is 11.6. The SMILES string of the molecule is CCCN(CCC)CCCCc1ccc(C2C3=C(CCCN2C(=O)Oc2ccc(C(C)C)cc2)c2cc(Cl)ccc2NC3)cc1. The minimum absolute atomic E-state index is 0.227. The molecule has 0 radical (unpaired) electrons. The lowest BCUT2D eigenvalue weighted by atomic mass is 9.86. The Hall–Kier alpha value is -3.28. The van der Waals surface area contributed by atoms with Crippen molar-refractivity contribution in [2.24, 2.45) is 0 Å². The molecule has 0 bridgehead atoms. The van der Waals surface area contributed by atoms with Crippen molar-refractivity contribution >= 4 is 29.0 Å². The van der Waals surface area contributed by atoms with E-state index in [4.69, 9.17) is 16.3 Å². The maximum Gasteiger partial charge on any atom is 0.416 e. The predicted molar refractivity (Wildman–Crippen MR) is 188 cm³/mol. The third-order valence-corrected chi connectivity index (χ3v) is 9.42. The first-order valence-corrected chi connectivity index (χ1v) is 17.4. The monoisotopic (exact) mass is 627 g/mol. The summed E-state index contributed by atoms with van der Waals surface area (Å²) in [4.78, 5) is 18.4. The lowest BCUT2D eigenvalue weighted by Crippen LogP contribution is -2.39. The van der Waals surface area contributed by atoms with E-state index in [1.54, 1.807) is 0 Å². The number of unbranched alkanes of at least 4 members (excludes halogenated alkanes) is 1. The number of halogens is 1. The summed E-state index contributed by atoms with van der Waals surface area (Å²) in [5, 5.41) is 4.34. The van der Waals surface area contributed by atoms with Gasteiger partial charge in [-0.05, 0) is 129 Å². The highest BCUT2D eigenvalue weighted by atomic mass is 35.5. The molecular formula is C39H50ClN3O2. The quantitative estimate of drug-likeness (QED) is 0.203. The van der Waals surface area contributed by atoms with Crippen LogP contribution in [-0.4, -0.2) is 48.6 Å². The molecule has 0 saturated carbocycles. The van der Waals surface area contributed by atoms with E-state index >= 15 is 0 Å².